The molecule has 6 rings (SSSR count). The number of halogens is 1. The zero-order chi connectivity index (χ0) is 23.0. The fourth-order valence-corrected chi connectivity index (χ4v) is 8.26. The number of hydrogen-bond donors (Lipinski definition) is 0. The summed E-state index contributed by atoms with van der Waals surface area (Å²) in [4.78, 5) is 12.2. The minimum Gasteiger partial charge on any atom is -0.458 e. The van der Waals surface area contributed by atoms with Crippen LogP contribution in [0.1, 0.15) is 64.7 Å². The van der Waals surface area contributed by atoms with E-state index in [-0.39, 0.29) is 40.9 Å². The average molecular weight is 473 g/mol. The molecule has 1 aromatic rings. The number of carbonyl (C=O) groups is 1. The Hall–Kier alpha value is -1.40. The van der Waals surface area contributed by atoms with Crippen LogP contribution in [0, 0.1) is 22.7 Å². The number of ether oxygens (including phenoxy) is 4. The summed E-state index contributed by atoms with van der Waals surface area (Å²) in [6.45, 7) is 8.13. The highest BCUT2D eigenvalue weighted by molar-refractivity contribution is 6.30. The summed E-state index contributed by atoms with van der Waals surface area (Å²) < 4.78 is 24.8. The Kier molecular flexibility index (Phi) is 5.05. The van der Waals surface area contributed by atoms with Gasteiger partial charge in [0.1, 0.15) is 6.61 Å². The minimum atomic E-state index is -0.362. The number of rotatable bonds is 2. The molecular formula is C27H33ClO5. The van der Waals surface area contributed by atoms with Crippen LogP contribution in [0.15, 0.2) is 35.9 Å². The molecule has 0 spiro atoms. The molecule has 2 saturated carbocycles. The van der Waals surface area contributed by atoms with Gasteiger partial charge in [-0.1, -0.05) is 37.6 Å². The predicted molar refractivity (Wildman–Crippen MR) is 124 cm³/mol. The van der Waals surface area contributed by atoms with E-state index >= 15 is 0 Å². The van der Waals surface area contributed by atoms with Crippen LogP contribution >= 0.6 is 11.6 Å². The van der Waals surface area contributed by atoms with Gasteiger partial charge in [0.2, 0.25) is 0 Å². The normalized spacial score (nSPS) is 46.7. The summed E-state index contributed by atoms with van der Waals surface area (Å²) in [6, 6.07) is 7.79. The first kappa shape index (κ1) is 22.1. The SMILES string of the molecule is CC12CCC3C4(C)COC(c5cccc(Cl)c5)OC4CCC3(C)C1CC(C1=CCOC1=O)O2. The maximum absolute atomic E-state index is 12.2. The first-order chi connectivity index (χ1) is 15.7. The number of fused-ring (bicyclic) bond motifs is 5. The van der Waals surface area contributed by atoms with Crippen LogP contribution in [0.2, 0.25) is 5.02 Å². The van der Waals surface area contributed by atoms with Crippen molar-refractivity contribution in [2.75, 3.05) is 13.2 Å². The van der Waals surface area contributed by atoms with Crippen molar-refractivity contribution in [2.24, 2.45) is 22.7 Å². The van der Waals surface area contributed by atoms with Crippen LogP contribution < -0.4 is 0 Å². The van der Waals surface area contributed by atoms with Crippen LogP contribution in [0.4, 0.5) is 0 Å². The fourth-order valence-electron chi connectivity index (χ4n) is 8.07. The molecule has 0 N–H and O–H groups in total. The number of carbonyl (C=O) groups excluding carboxylic acids is 1. The van der Waals surface area contributed by atoms with E-state index in [9.17, 15) is 4.79 Å². The van der Waals surface area contributed by atoms with Gasteiger partial charge < -0.3 is 18.9 Å². The molecule has 0 radical (unpaired) electrons. The van der Waals surface area contributed by atoms with Crippen molar-refractivity contribution in [1.29, 1.82) is 0 Å². The summed E-state index contributed by atoms with van der Waals surface area (Å²) in [7, 11) is 0. The first-order valence-electron chi connectivity index (χ1n) is 12.3. The van der Waals surface area contributed by atoms with Crippen LogP contribution in [0.3, 0.4) is 0 Å². The lowest BCUT2D eigenvalue weighted by atomic mass is 9.44. The van der Waals surface area contributed by atoms with E-state index in [2.05, 4.69) is 20.8 Å². The average Bonchev–Trinajstić information content (AvgIpc) is 3.36. The molecule has 2 saturated heterocycles. The molecule has 1 aromatic carbocycles. The van der Waals surface area contributed by atoms with Gasteiger partial charge in [-0.25, -0.2) is 4.79 Å². The second-order valence-electron chi connectivity index (χ2n) is 11.4. The lowest BCUT2D eigenvalue weighted by Crippen LogP contribution is -2.63. The minimum absolute atomic E-state index is 0.0486. The summed E-state index contributed by atoms with van der Waals surface area (Å²) in [5, 5.41) is 0.702. The van der Waals surface area contributed by atoms with E-state index < -0.39 is 0 Å². The van der Waals surface area contributed by atoms with Gasteiger partial charge in [0.25, 0.3) is 0 Å². The third-order valence-corrected chi connectivity index (χ3v) is 9.89. The standard InChI is InChI=1S/C27H33ClO5/c1-25-10-8-22-26(2,15-31-24(32-22)16-5-4-6-17(28)13-16)20(25)7-11-27(3)21(25)14-19(33-27)18-9-12-30-23(18)29/h4-6,9,13,19-22,24H,7-8,10-12,14-15H2,1-3H3. The Labute approximate surface area is 200 Å². The second-order valence-corrected chi connectivity index (χ2v) is 11.9. The Balaban J connectivity index is 1.26. The van der Waals surface area contributed by atoms with Gasteiger partial charge in [-0.05, 0) is 74.5 Å². The van der Waals surface area contributed by atoms with E-state index in [4.69, 9.17) is 30.5 Å². The highest BCUT2D eigenvalue weighted by Gasteiger charge is 2.66. The molecule has 178 valence electrons. The highest BCUT2D eigenvalue weighted by atomic mass is 35.5. The number of benzene rings is 1. The predicted octanol–water partition coefficient (Wildman–Crippen LogP) is 5.62. The molecule has 0 amide bonds. The summed E-state index contributed by atoms with van der Waals surface area (Å²) in [5.74, 6) is 0.668. The summed E-state index contributed by atoms with van der Waals surface area (Å²) in [6.07, 6.45) is 6.62. The number of cyclic esters (lactones) is 1. The quantitative estimate of drug-likeness (QED) is 0.523. The molecule has 0 aromatic heterocycles. The Morgan fingerprint density at radius 1 is 1.06 bits per heavy atom. The molecule has 8 unspecified atom stereocenters. The molecule has 4 fully saturated rings. The summed E-state index contributed by atoms with van der Waals surface area (Å²) in [5.41, 5.74) is 1.57. The van der Waals surface area contributed by atoms with E-state index in [0.717, 1.165) is 43.2 Å². The van der Waals surface area contributed by atoms with E-state index in [0.29, 0.717) is 30.1 Å². The fraction of sp³-hybridized carbons (Fsp3) is 0.667. The van der Waals surface area contributed by atoms with Crippen molar-refractivity contribution in [2.45, 2.75) is 77.0 Å². The molecular weight excluding hydrogens is 440 g/mol. The zero-order valence-electron chi connectivity index (χ0n) is 19.6. The van der Waals surface area contributed by atoms with Gasteiger partial charge in [0.15, 0.2) is 6.29 Å². The molecule has 6 heteroatoms. The first-order valence-corrected chi connectivity index (χ1v) is 12.7. The molecule has 3 heterocycles. The molecule has 5 nitrogen and oxygen atoms in total. The molecule has 8 atom stereocenters. The van der Waals surface area contributed by atoms with Gasteiger partial charge in [-0.2, -0.15) is 0 Å². The lowest BCUT2D eigenvalue weighted by molar-refractivity contribution is -0.314. The topological polar surface area (TPSA) is 54.0 Å². The van der Waals surface area contributed by atoms with Crippen molar-refractivity contribution in [3.8, 4) is 0 Å². The Morgan fingerprint density at radius 2 is 1.91 bits per heavy atom. The van der Waals surface area contributed by atoms with Crippen LogP contribution in [-0.4, -0.2) is 37.0 Å². The van der Waals surface area contributed by atoms with Crippen LogP contribution in [0.5, 0.6) is 0 Å². The largest absolute Gasteiger partial charge is 0.458 e. The second kappa shape index (κ2) is 7.55. The van der Waals surface area contributed by atoms with Gasteiger partial charge in [-0.15, -0.1) is 0 Å². The maximum atomic E-state index is 12.2. The number of esters is 1. The van der Waals surface area contributed by atoms with Gasteiger partial charge in [0, 0.05) is 16.0 Å². The lowest BCUT2D eigenvalue weighted by Gasteiger charge is -2.64. The molecule has 2 aliphatic carbocycles. The van der Waals surface area contributed by atoms with Gasteiger partial charge >= 0.3 is 5.97 Å². The van der Waals surface area contributed by atoms with Crippen molar-refractivity contribution < 1.29 is 23.7 Å². The smallest absolute Gasteiger partial charge is 0.336 e. The molecule has 5 aliphatic rings. The third kappa shape index (κ3) is 3.26. The van der Waals surface area contributed by atoms with E-state index in [1.165, 1.54) is 0 Å². The van der Waals surface area contributed by atoms with Crippen LogP contribution in [0.25, 0.3) is 0 Å². The zero-order valence-corrected chi connectivity index (χ0v) is 20.4. The van der Waals surface area contributed by atoms with Crippen molar-refractivity contribution >= 4 is 17.6 Å². The Bertz CT molecular complexity index is 1010. The molecule has 3 aliphatic heterocycles. The summed E-state index contributed by atoms with van der Waals surface area (Å²) >= 11 is 6.21. The maximum Gasteiger partial charge on any atom is 0.336 e. The van der Waals surface area contributed by atoms with Crippen LogP contribution in [-0.2, 0) is 23.7 Å². The van der Waals surface area contributed by atoms with Crippen molar-refractivity contribution in [1.82, 2.24) is 0 Å². The van der Waals surface area contributed by atoms with Gasteiger partial charge in [0.05, 0.1) is 30.0 Å². The molecule has 0 bridgehead atoms. The Morgan fingerprint density at radius 3 is 2.67 bits per heavy atom. The highest BCUT2D eigenvalue weighted by Crippen LogP contribution is 2.67. The van der Waals surface area contributed by atoms with Gasteiger partial charge in [-0.3, -0.25) is 0 Å². The third-order valence-electron chi connectivity index (χ3n) is 9.65. The van der Waals surface area contributed by atoms with E-state index in [1.54, 1.807) is 0 Å². The van der Waals surface area contributed by atoms with Crippen molar-refractivity contribution in [3.05, 3.63) is 46.5 Å². The molecule has 33 heavy (non-hydrogen) atoms. The number of hydrogen-bond acceptors (Lipinski definition) is 5. The monoisotopic (exact) mass is 472 g/mol. The van der Waals surface area contributed by atoms with E-state index in [1.807, 2.05) is 30.3 Å². The van der Waals surface area contributed by atoms with Crippen molar-refractivity contribution in [3.63, 3.8) is 0 Å².